The van der Waals surface area contributed by atoms with Gasteiger partial charge in [-0.3, -0.25) is 14.4 Å². The predicted octanol–water partition coefficient (Wildman–Crippen LogP) is 25.1. The molecule has 0 fully saturated rings. The van der Waals surface area contributed by atoms with E-state index in [2.05, 4.69) is 81.5 Å². The van der Waals surface area contributed by atoms with Crippen molar-refractivity contribution >= 4 is 17.9 Å². The Balaban J connectivity index is 4.27. The molecule has 0 aromatic carbocycles. The normalized spacial score (nSPS) is 12.4. The summed E-state index contributed by atoms with van der Waals surface area (Å²) in [6, 6.07) is 0. The van der Waals surface area contributed by atoms with Crippen LogP contribution < -0.4 is 0 Å². The Hall–Kier alpha value is -2.89. The molecule has 6 nitrogen and oxygen atoms in total. The van der Waals surface area contributed by atoms with Gasteiger partial charge in [0.25, 0.3) is 0 Å². The molecule has 82 heavy (non-hydrogen) atoms. The van der Waals surface area contributed by atoms with Crippen molar-refractivity contribution in [3.63, 3.8) is 0 Å². The number of unbranched alkanes of at least 4 members (excludes halogenated alkanes) is 46. The molecular formula is C76H138O6. The van der Waals surface area contributed by atoms with E-state index in [-0.39, 0.29) is 31.1 Å². The van der Waals surface area contributed by atoms with Crippen LogP contribution in [0.3, 0.4) is 0 Å². The third-order valence-electron chi connectivity index (χ3n) is 16.2. The van der Waals surface area contributed by atoms with E-state index in [9.17, 15) is 14.4 Å². The smallest absolute Gasteiger partial charge is 0.306 e. The van der Waals surface area contributed by atoms with Crippen molar-refractivity contribution in [3.8, 4) is 0 Å². The van der Waals surface area contributed by atoms with Gasteiger partial charge in [0, 0.05) is 19.3 Å². The van der Waals surface area contributed by atoms with Crippen molar-refractivity contribution in [3.05, 3.63) is 60.8 Å². The van der Waals surface area contributed by atoms with Gasteiger partial charge in [0.2, 0.25) is 0 Å². The zero-order chi connectivity index (χ0) is 59.2. The van der Waals surface area contributed by atoms with Gasteiger partial charge in [-0.15, -0.1) is 0 Å². The summed E-state index contributed by atoms with van der Waals surface area (Å²) in [6.45, 7) is 6.68. The molecule has 0 saturated carbocycles. The van der Waals surface area contributed by atoms with Gasteiger partial charge in [-0.1, -0.05) is 319 Å². The van der Waals surface area contributed by atoms with E-state index in [0.29, 0.717) is 19.3 Å². The Bertz CT molecular complexity index is 1460. The molecule has 0 heterocycles. The number of allylic oxidation sites excluding steroid dienone is 10. The Morgan fingerprint density at radius 3 is 0.695 bits per heavy atom. The van der Waals surface area contributed by atoms with Crippen LogP contribution in [0, 0.1) is 0 Å². The van der Waals surface area contributed by atoms with Crippen LogP contribution in [-0.2, 0) is 28.6 Å². The molecule has 0 N–H and O–H groups in total. The van der Waals surface area contributed by atoms with Crippen molar-refractivity contribution in [1.82, 2.24) is 0 Å². The Kier molecular flexibility index (Phi) is 68.1. The van der Waals surface area contributed by atoms with E-state index >= 15 is 0 Å². The standard InChI is InChI=1S/C76H138O6/c1-4-7-10-13-16-19-22-25-28-31-33-34-35-36-37-38-39-40-41-42-43-46-48-51-54-57-60-63-66-69-75(78)81-72-73(71-80-74(77)68-65-62-59-56-53-50-47-44-30-27-24-21-18-15-12-9-6-3)82-76(79)70-67-64-61-58-55-52-49-45-32-29-26-23-20-17-14-11-8-5-2/h22,25,27,29-33,35-36,73H,4-21,23-24,26,28,34,37-72H2,1-3H3/b25-22-,30-27-,32-29-,33-31-,36-35-. The Morgan fingerprint density at radius 1 is 0.244 bits per heavy atom. The topological polar surface area (TPSA) is 78.9 Å². The minimum Gasteiger partial charge on any atom is -0.462 e. The molecule has 0 aliphatic carbocycles. The molecule has 6 heteroatoms. The van der Waals surface area contributed by atoms with Crippen LogP contribution in [0.25, 0.3) is 0 Å². The van der Waals surface area contributed by atoms with E-state index in [0.717, 1.165) is 70.6 Å². The van der Waals surface area contributed by atoms with E-state index in [1.807, 2.05) is 0 Å². The molecule has 0 aliphatic heterocycles. The van der Waals surface area contributed by atoms with Crippen LogP contribution in [0.4, 0.5) is 0 Å². The van der Waals surface area contributed by atoms with E-state index in [4.69, 9.17) is 14.2 Å². The highest BCUT2D eigenvalue weighted by molar-refractivity contribution is 5.71. The third kappa shape index (κ3) is 67.9. The lowest BCUT2D eigenvalue weighted by atomic mass is 10.0. The Labute approximate surface area is 510 Å². The fraction of sp³-hybridized carbons (Fsp3) is 0.829. The maximum atomic E-state index is 13.0. The first-order chi connectivity index (χ1) is 40.5. The predicted molar refractivity (Wildman–Crippen MR) is 358 cm³/mol. The average Bonchev–Trinajstić information content (AvgIpc) is 3.47. The first kappa shape index (κ1) is 79.1. The quantitative estimate of drug-likeness (QED) is 0.0261. The average molecular weight is 1150 g/mol. The van der Waals surface area contributed by atoms with Crippen molar-refractivity contribution in [2.45, 2.75) is 393 Å². The molecule has 0 spiro atoms. The molecular weight excluding hydrogens is 1010 g/mol. The number of esters is 3. The minimum absolute atomic E-state index is 0.0744. The maximum Gasteiger partial charge on any atom is 0.306 e. The lowest BCUT2D eigenvalue weighted by Crippen LogP contribution is -2.30. The Morgan fingerprint density at radius 2 is 0.439 bits per heavy atom. The second-order valence-electron chi connectivity index (χ2n) is 24.5. The lowest BCUT2D eigenvalue weighted by molar-refractivity contribution is -0.167. The third-order valence-corrected chi connectivity index (χ3v) is 16.2. The van der Waals surface area contributed by atoms with E-state index in [1.165, 1.54) is 276 Å². The largest absolute Gasteiger partial charge is 0.462 e. The summed E-state index contributed by atoms with van der Waals surface area (Å²) < 4.78 is 17.0. The second kappa shape index (κ2) is 70.6. The SMILES string of the molecule is CCCCCCC/C=C\C/C=C\C/C=C\CCCCCCCCCCCCCCCCC(=O)OCC(COC(=O)CCCCCCCCC/C=C\CCCCCCCC)OC(=O)CCCCCCCCC/C=C\CCCCCCCCC. The van der Waals surface area contributed by atoms with Gasteiger partial charge in [-0.25, -0.2) is 0 Å². The first-order valence-corrected chi connectivity index (χ1v) is 36.3. The van der Waals surface area contributed by atoms with E-state index in [1.54, 1.807) is 0 Å². The van der Waals surface area contributed by atoms with Crippen LogP contribution in [-0.4, -0.2) is 37.2 Å². The number of carbonyl (C=O) groups excluding carboxylic acids is 3. The van der Waals surface area contributed by atoms with Crippen LogP contribution in [0.5, 0.6) is 0 Å². The van der Waals surface area contributed by atoms with Gasteiger partial charge in [-0.05, 0) is 109 Å². The molecule has 0 saturated heterocycles. The summed E-state index contributed by atoms with van der Waals surface area (Å²) in [5.74, 6) is -0.860. The molecule has 0 aromatic heterocycles. The lowest BCUT2D eigenvalue weighted by Gasteiger charge is -2.18. The van der Waals surface area contributed by atoms with Crippen molar-refractivity contribution in [2.75, 3.05) is 13.2 Å². The minimum atomic E-state index is -0.779. The van der Waals surface area contributed by atoms with Gasteiger partial charge >= 0.3 is 17.9 Å². The highest BCUT2D eigenvalue weighted by Gasteiger charge is 2.19. The van der Waals surface area contributed by atoms with Crippen LogP contribution in [0.2, 0.25) is 0 Å². The summed E-state index contributed by atoms with van der Waals surface area (Å²) in [5.41, 5.74) is 0. The number of hydrogen-bond acceptors (Lipinski definition) is 6. The van der Waals surface area contributed by atoms with Gasteiger partial charge in [0.1, 0.15) is 13.2 Å². The molecule has 478 valence electrons. The second-order valence-corrected chi connectivity index (χ2v) is 24.5. The zero-order valence-corrected chi connectivity index (χ0v) is 55.0. The van der Waals surface area contributed by atoms with Gasteiger partial charge < -0.3 is 14.2 Å². The first-order valence-electron chi connectivity index (χ1n) is 36.3. The monoisotopic (exact) mass is 1150 g/mol. The highest BCUT2D eigenvalue weighted by atomic mass is 16.6. The fourth-order valence-electron chi connectivity index (χ4n) is 10.7. The summed E-state index contributed by atoms with van der Waals surface area (Å²) in [5, 5.41) is 0. The molecule has 0 amide bonds. The fourth-order valence-corrected chi connectivity index (χ4v) is 10.7. The number of ether oxygens (including phenoxy) is 3. The molecule has 0 aliphatic rings. The maximum absolute atomic E-state index is 13.0. The van der Waals surface area contributed by atoms with E-state index < -0.39 is 6.10 Å². The summed E-state index contributed by atoms with van der Waals surface area (Å²) in [4.78, 5) is 38.5. The molecule has 0 aromatic rings. The zero-order valence-electron chi connectivity index (χ0n) is 55.0. The van der Waals surface area contributed by atoms with Gasteiger partial charge in [-0.2, -0.15) is 0 Å². The molecule has 1 unspecified atom stereocenters. The molecule has 0 radical (unpaired) electrons. The summed E-state index contributed by atoms with van der Waals surface area (Å²) >= 11 is 0. The van der Waals surface area contributed by atoms with Gasteiger partial charge in [0.15, 0.2) is 6.10 Å². The van der Waals surface area contributed by atoms with Gasteiger partial charge in [0.05, 0.1) is 0 Å². The number of rotatable bonds is 67. The molecule has 0 bridgehead atoms. The molecule has 0 rings (SSSR count). The number of hydrogen-bond donors (Lipinski definition) is 0. The number of carbonyl (C=O) groups is 3. The molecule has 1 atom stereocenters. The van der Waals surface area contributed by atoms with Crippen molar-refractivity contribution < 1.29 is 28.6 Å². The summed E-state index contributed by atoms with van der Waals surface area (Å²) in [7, 11) is 0. The van der Waals surface area contributed by atoms with Crippen LogP contribution in [0.1, 0.15) is 387 Å². The van der Waals surface area contributed by atoms with Crippen LogP contribution in [0.15, 0.2) is 60.8 Å². The van der Waals surface area contributed by atoms with Crippen molar-refractivity contribution in [2.24, 2.45) is 0 Å². The summed E-state index contributed by atoms with van der Waals surface area (Å²) in [6.07, 6.45) is 91.0. The van der Waals surface area contributed by atoms with Crippen molar-refractivity contribution in [1.29, 1.82) is 0 Å². The van der Waals surface area contributed by atoms with Crippen LogP contribution >= 0.6 is 0 Å². The highest BCUT2D eigenvalue weighted by Crippen LogP contribution is 2.18.